The number of nitrogens with zero attached hydrogens (tertiary/aromatic N) is 2. The van der Waals surface area contributed by atoms with Crippen molar-refractivity contribution in [1.82, 2.24) is 9.97 Å². The molecule has 0 spiro atoms. The third-order valence-electron chi connectivity index (χ3n) is 3.87. The van der Waals surface area contributed by atoms with E-state index in [1.807, 2.05) is 13.1 Å². The van der Waals surface area contributed by atoms with E-state index in [9.17, 15) is 0 Å². The topological polar surface area (TPSA) is 49.8 Å². The molecule has 4 nitrogen and oxygen atoms in total. The summed E-state index contributed by atoms with van der Waals surface area (Å²) in [6.07, 6.45) is 1.17. The van der Waals surface area contributed by atoms with Crippen molar-refractivity contribution in [3.05, 3.63) is 47.8 Å². The zero-order valence-corrected chi connectivity index (χ0v) is 12.8. The standard InChI is InChI=1S/C17H22N4/c1-11(2)17-20-15(18-3)10-16(21-17)19-14-9-13(14)12-7-5-4-6-8-12/h4-8,10-11,13-14H,9H2,1-3H3,(H2,18,19,20,21). The third kappa shape index (κ3) is 3.15. The van der Waals surface area contributed by atoms with E-state index in [1.165, 1.54) is 12.0 Å². The van der Waals surface area contributed by atoms with Crippen LogP contribution in [0.2, 0.25) is 0 Å². The van der Waals surface area contributed by atoms with Crippen LogP contribution in [0.4, 0.5) is 11.6 Å². The van der Waals surface area contributed by atoms with Gasteiger partial charge in [-0.1, -0.05) is 44.2 Å². The van der Waals surface area contributed by atoms with Crippen LogP contribution < -0.4 is 10.6 Å². The molecular weight excluding hydrogens is 260 g/mol. The summed E-state index contributed by atoms with van der Waals surface area (Å²) in [5.74, 6) is 3.58. The molecule has 0 amide bonds. The summed E-state index contributed by atoms with van der Waals surface area (Å²) in [4.78, 5) is 9.12. The molecule has 1 fully saturated rings. The summed E-state index contributed by atoms with van der Waals surface area (Å²) >= 11 is 0. The molecule has 2 unspecified atom stereocenters. The molecule has 1 aliphatic rings. The summed E-state index contributed by atoms with van der Waals surface area (Å²) in [6, 6.07) is 13.1. The van der Waals surface area contributed by atoms with E-state index in [2.05, 4.69) is 64.8 Å². The summed E-state index contributed by atoms with van der Waals surface area (Å²) in [5.41, 5.74) is 1.40. The lowest BCUT2D eigenvalue weighted by molar-refractivity contribution is 0.775. The molecule has 110 valence electrons. The van der Waals surface area contributed by atoms with Gasteiger partial charge in [-0.25, -0.2) is 9.97 Å². The van der Waals surface area contributed by atoms with Gasteiger partial charge in [-0.15, -0.1) is 0 Å². The molecule has 1 heterocycles. The van der Waals surface area contributed by atoms with Crippen LogP contribution in [-0.2, 0) is 0 Å². The van der Waals surface area contributed by atoms with E-state index < -0.39 is 0 Å². The number of hydrogen-bond donors (Lipinski definition) is 2. The average molecular weight is 282 g/mol. The van der Waals surface area contributed by atoms with Gasteiger partial charge < -0.3 is 10.6 Å². The molecule has 4 heteroatoms. The molecule has 0 radical (unpaired) electrons. The number of rotatable bonds is 5. The van der Waals surface area contributed by atoms with Crippen molar-refractivity contribution in [3.8, 4) is 0 Å². The van der Waals surface area contributed by atoms with E-state index in [0.29, 0.717) is 17.9 Å². The van der Waals surface area contributed by atoms with Gasteiger partial charge in [0.15, 0.2) is 0 Å². The lowest BCUT2D eigenvalue weighted by atomic mass is 10.1. The highest BCUT2D eigenvalue weighted by molar-refractivity contribution is 5.50. The summed E-state index contributed by atoms with van der Waals surface area (Å²) < 4.78 is 0. The van der Waals surface area contributed by atoms with Crippen LogP contribution in [0.25, 0.3) is 0 Å². The second-order valence-electron chi connectivity index (χ2n) is 5.91. The Hall–Kier alpha value is -2.10. The number of anilines is 2. The molecule has 1 saturated carbocycles. The largest absolute Gasteiger partial charge is 0.373 e. The zero-order valence-electron chi connectivity index (χ0n) is 12.8. The fraction of sp³-hybridized carbons (Fsp3) is 0.412. The quantitative estimate of drug-likeness (QED) is 0.879. The van der Waals surface area contributed by atoms with E-state index >= 15 is 0 Å². The molecule has 2 atom stereocenters. The van der Waals surface area contributed by atoms with Crippen LogP contribution in [-0.4, -0.2) is 23.1 Å². The molecule has 1 aromatic heterocycles. The molecule has 0 saturated heterocycles. The maximum Gasteiger partial charge on any atom is 0.135 e. The molecule has 2 aromatic rings. The maximum absolute atomic E-state index is 4.63. The highest BCUT2D eigenvalue weighted by Gasteiger charge is 2.38. The number of hydrogen-bond acceptors (Lipinski definition) is 4. The van der Waals surface area contributed by atoms with E-state index in [1.54, 1.807) is 0 Å². The van der Waals surface area contributed by atoms with Gasteiger partial charge in [-0.2, -0.15) is 0 Å². The first kappa shape index (κ1) is 13.9. The van der Waals surface area contributed by atoms with Crippen LogP contribution in [0.15, 0.2) is 36.4 Å². The highest BCUT2D eigenvalue weighted by atomic mass is 15.1. The summed E-state index contributed by atoms with van der Waals surface area (Å²) in [7, 11) is 1.89. The van der Waals surface area contributed by atoms with Gasteiger partial charge in [0.05, 0.1) is 0 Å². The fourth-order valence-electron chi connectivity index (χ4n) is 2.54. The SMILES string of the molecule is CNc1cc(NC2CC2c2ccccc2)nc(C(C)C)n1. The van der Waals surface area contributed by atoms with Gasteiger partial charge >= 0.3 is 0 Å². The molecule has 3 rings (SSSR count). The number of benzene rings is 1. The van der Waals surface area contributed by atoms with Gasteiger partial charge in [0.1, 0.15) is 17.5 Å². The zero-order chi connectivity index (χ0) is 14.8. The van der Waals surface area contributed by atoms with Gasteiger partial charge in [0.2, 0.25) is 0 Å². The molecule has 0 bridgehead atoms. The van der Waals surface area contributed by atoms with Gasteiger partial charge in [0.25, 0.3) is 0 Å². The first-order valence-electron chi connectivity index (χ1n) is 7.55. The molecule has 1 aromatic carbocycles. The Labute approximate surface area is 126 Å². The van der Waals surface area contributed by atoms with Crippen LogP contribution >= 0.6 is 0 Å². The van der Waals surface area contributed by atoms with Crippen molar-refractivity contribution >= 4 is 11.6 Å². The average Bonchev–Trinajstić information content (AvgIpc) is 3.27. The Morgan fingerprint density at radius 1 is 1.10 bits per heavy atom. The van der Waals surface area contributed by atoms with Crippen LogP contribution in [0.3, 0.4) is 0 Å². The Bertz CT molecular complexity index is 609. The van der Waals surface area contributed by atoms with Gasteiger partial charge in [0, 0.05) is 31.0 Å². The van der Waals surface area contributed by atoms with Crippen molar-refractivity contribution in [3.63, 3.8) is 0 Å². The lowest BCUT2D eigenvalue weighted by Gasteiger charge is -2.11. The van der Waals surface area contributed by atoms with Crippen molar-refractivity contribution in [2.45, 2.75) is 38.1 Å². The second kappa shape index (κ2) is 5.72. The highest BCUT2D eigenvalue weighted by Crippen LogP contribution is 2.42. The Morgan fingerprint density at radius 2 is 1.81 bits per heavy atom. The maximum atomic E-state index is 4.63. The minimum Gasteiger partial charge on any atom is -0.373 e. The third-order valence-corrected chi connectivity index (χ3v) is 3.87. The van der Waals surface area contributed by atoms with Crippen molar-refractivity contribution in [2.24, 2.45) is 0 Å². The van der Waals surface area contributed by atoms with Crippen LogP contribution in [0, 0.1) is 0 Å². The Kier molecular flexibility index (Phi) is 3.78. The minimum atomic E-state index is 0.322. The second-order valence-corrected chi connectivity index (χ2v) is 5.91. The van der Waals surface area contributed by atoms with Crippen LogP contribution in [0.1, 0.15) is 43.5 Å². The number of aromatic nitrogens is 2. The van der Waals surface area contributed by atoms with Gasteiger partial charge in [-0.3, -0.25) is 0 Å². The Balaban J connectivity index is 1.73. The first-order chi connectivity index (χ1) is 10.2. The molecule has 1 aliphatic carbocycles. The van der Waals surface area contributed by atoms with Gasteiger partial charge in [-0.05, 0) is 12.0 Å². The summed E-state index contributed by atoms with van der Waals surface area (Å²) in [5, 5.41) is 6.65. The van der Waals surface area contributed by atoms with Crippen LogP contribution in [0.5, 0.6) is 0 Å². The van der Waals surface area contributed by atoms with Crippen molar-refractivity contribution in [1.29, 1.82) is 0 Å². The fourth-order valence-corrected chi connectivity index (χ4v) is 2.54. The van der Waals surface area contributed by atoms with E-state index in [-0.39, 0.29) is 0 Å². The van der Waals surface area contributed by atoms with Crippen molar-refractivity contribution in [2.75, 3.05) is 17.7 Å². The molecule has 0 aliphatic heterocycles. The Morgan fingerprint density at radius 3 is 2.48 bits per heavy atom. The van der Waals surface area contributed by atoms with Crippen molar-refractivity contribution < 1.29 is 0 Å². The monoisotopic (exact) mass is 282 g/mol. The smallest absolute Gasteiger partial charge is 0.135 e. The lowest BCUT2D eigenvalue weighted by Crippen LogP contribution is -2.10. The molecular formula is C17H22N4. The van der Waals surface area contributed by atoms with E-state index in [4.69, 9.17) is 0 Å². The number of nitrogens with one attached hydrogen (secondary N) is 2. The predicted octanol–water partition coefficient (Wildman–Crippen LogP) is 3.61. The summed E-state index contributed by atoms with van der Waals surface area (Å²) in [6.45, 7) is 4.23. The first-order valence-corrected chi connectivity index (χ1v) is 7.55. The van der Waals surface area contributed by atoms with E-state index in [0.717, 1.165) is 17.5 Å². The molecule has 2 N–H and O–H groups in total. The predicted molar refractivity (Wildman–Crippen MR) is 86.9 cm³/mol. The minimum absolute atomic E-state index is 0.322. The molecule has 21 heavy (non-hydrogen) atoms. The normalized spacial score (nSPS) is 20.4.